The first-order valence-corrected chi connectivity index (χ1v) is 6.85. The Morgan fingerprint density at radius 1 is 1.50 bits per heavy atom. The maximum absolute atomic E-state index is 12.3. The van der Waals surface area contributed by atoms with Gasteiger partial charge in [0.2, 0.25) is 0 Å². The Hall–Kier alpha value is -2.15. The Labute approximate surface area is 119 Å². The smallest absolute Gasteiger partial charge is 0.253 e. The van der Waals surface area contributed by atoms with E-state index in [0.29, 0.717) is 17.0 Å². The quantitative estimate of drug-likeness (QED) is 0.655. The van der Waals surface area contributed by atoms with Crippen LogP contribution in [0, 0.1) is 18.3 Å². The van der Waals surface area contributed by atoms with Gasteiger partial charge in [0.1, 0.15) is 5.75 Å². The summed E-state index contributed by atoms with van der Waals surface area (Å²) in [4.78, 5) is 12.3. The third kappa shape index (κ3) is 3.05. The number of rotatable bonds is 3. The fourth-order valence-corrected chi connectivity index (χ4v) is 2.66. The molecule has 0 aliphatic heterocycles. The van der Waals surface area contributed by atoms with Crippen molar-refractivity contribution in [3.05, 3.63) is 23.8 Å². The lowest BCUT2D eigenvalue weighted by atomic mass is 9.86. The van der Waals surface area contributed by atoms with Gasteiger partial charge in [-0.2, -0.15) is 0 Å². The highest BCUT2D eigenvalue weighted by molar-refractivity contribution is 6.00. The van der Waals surface area contributed by atoms with E-state index < -0.39 is 0 Å². The van der Waals surface area contributed by atoms with E-state index in [0.717, 1.165) is 25.7 Å². The molecule has 2 atom stereocenters. The molecule has 2 rings (SSSR count). The number of hydrogen-bond donors (Lipinski definition) is 2. The van der Waals surface area contributed by atoms with Gasteiger partial charge in [-0.3, -0.25) is 4.79 Å². The van der Waals surface area contributed by atoms with Crippen LogP contribution in [0.25, 0.3) is 0 Å². The molecule has 0 unspecified atom stereocenters. The van der Waals surface area contributed by atoms with Crippen molar-refractivity contribution in [1.82, 2.24) is 5.32 Å². The van der Waals surface area contributed by atoms with Gasteiger partial charge in [0.25, 0.3) is 5.91 Å². The number of nitrogens with two attached hydrogens (primary N) is 1. The summed E-state index contributed by atoms with van der Waals surface area (Å²) in [6.45, 7) is 0. The van der Waals surface area contributed by atoms with Crippen LogP contribution in [0.1, 0.15) is 36.0 Å². The van der Waals surface area contributed by atoms with Crippen LogP contribution < -0.4 is 15.8 Å². The molecule has 1 aliphatic carbocycles. The molecule has 0 bridgehead atoms. The summed E-state index contributed by atoms with van der Waals surface area (Å²) in [6.07, 6.45) is 9.37. The topological polar surface area (TPSA) is 64.3 Å². The summed E-state index contributed by atoms with van der Waals surface area (Å²) in [7, 11) is 1.53. The highest BCUT2D eigenvalue weighted by Gasteiger charge is 2.23. The molecule has 0 spiro atoms. The van der Waals surface area contributed by atoms with Gasteiger partial charge in [-0.25, -0.2) is 0 Å². The standard InChI is InChI=1S/C16H20N2O2/c1-3-11-6-4-7-12(10-11)18-16(19)13-8-5-9-14(20-2)15(13)17/h1,5,8-9,11-12H,4,6-7,10,17H2,2H3,(H,18,19)/t11-,12+/m0/s1. The number of amides is 1. The van der Waals surface area contributed by atoms with Gasteiger partial charge in [-0.1, -0.05) is 12.5 Å². The maximum atomic E-state index is 12.3. The molecular formula is C16H20N2O2. The second-order valence-corrected chi connectivity index (χ2v) is 5.12. The first-order valence-electron chi connectivity index (χ1n) is 6.85. The van der Waals surface area contributed by atoms with E-state index in [1.165, 1.54) is 7.11 Å². The van der Waals surface area contributed by atoms with E-state index in [2.05, 4.69) is 11.2 Å². The lowest BCUT2D eigenvalue weighted by Gasteiger charge is -2.27. The lowest BCUT2D eigenvalue weighted by Crippen LogP contribution is -2.38. The van der Waals surface area contributed by atoms with Crippen LogP contribution in [0.15, 0.2) is 18.2 Å². The van der Waals surface area contributed by atoms with Crippen molar-refractivity contribution >= 4 is 11.6 Å². The van der Waals surface area contributed by atoms with E-state index in [4.69, 9.17) is 16.9 Å². The number of benzene rings is 1. The molecule has 4 heteroatoms. The largest absolute Gasteiger partial charge is 0.495 e. The molecule has 0 aromatic heterocycles. The molecule has 0 radical (unpaired) electrons. The molecule has 0 saturated heterocycles. The van der Waals surface area contributed by atoms with Crippen LogP contribution in [-0.2, 0) is 0 Å². The average Bonchev–Trinajstić information content (AvgIpc) is 2.47. The number of carbonyl (C=O) groups excluding carboxylic acids is 1. The highest BCUT2D eigenvalue weighted by atomic mass is 16.5. The SMILES string of the molecule is C#C[C@H]1CCC[C@@H](NC(=O)c2cccc(OC)c2N)C1. The highest BCUT2D eigenvalue weighted by Crippen LogP contribution is 2.26. The molecule has 106 valence electrons. The number of carbonyl (C=O) groups is 1. The summed E-state index contributed by atoms with van der Waals surface area (Å²) >= 11 is 0. The normalized spacial score (nSPS) is 21.8. The average molecular weight is 272 g/mol. The van der Waals surface area contributed by atoms with E-state index >= 15 is 0 Å². The minimum absolute atomic E-state index is 0.128. The maximum Gasteiger partial charge on any atom is 0.253 e. The van der Waals surface area contributed by atoms with Crippen LogP contribution in [0.4, 0.5) is 5.69 Å². The van der Waals surface area contributed by atoms with Gasteiger partial charge < -0.3 is 15.8 Å². The van der Waals surface area contributed by atoms with Gasteiger partial charge in [-0.05, 0) is 31.4 Å². The predicted octanol–water partition coefficient (Wildman–Crippen LogP) is 2.20. The molecule has 0 heterocycles. The molecule has 1 aromatic rings. The molecule has 1 amide bonds. The van der Waals surface area contributed by atoms with Crippen LogP contribution in [0.5, 0.6) is 5.75 Å². The summed E-state index contributed by atoms with van der Waals surface area (Å²) < 4.78 is 5.13. The predicted molar refractivity (Wildman–Crippen MR) is 79.5 cm³/mol. The Morgan fingerprint density at radius 3 is 3.00 bits per heavy atom. The second kappa shape index (κ2) is 6.33. The summed E-state index contributed by atoms with van der Waals surface area (Å²) in [5.41, 5.74) is 6.76. The van der Waals surface area contributed by atoms with E-state index in [1.54, 1.807) is 18.2 Å². The van der Waals surface area contributed by atoms with Crippen molar-refractivity contribution in [1.29, 1.82) is 0 Å². The van der Waals surface area contributed by atoms with Gasteiger partial charge >= 0.3 is 0 Å². The number of nitrogen functional groups attached to an aromatic ring is 1. The van der Waals surface area contributed by atoms with Crippen molar-refractivity contribution in [2.75, 3.05) is 12.8 Å². The number of ether oxygens (including phenoxy) is 1. The number of para-hydroxylation sites is 1. The Morgan fingerprint density at radius 2 is 2.30 bits per heavy atom. The zero-order valence-electron chi connectivity index (χ0n) is 11.7. The second-order valence-electron chi connectivity index (χ2n) is 5.12. The number of terminal acetylenes is 1. The number of methoxy groups -OCH3 is 1. The first-order chi connectivity index (χ1) is 9.65. The number of hydrogen-bond acceptors (Lipinski definition) is 3. The molecule has 1 aliphatic rings. The molecule has 1 aromatic carbocycles. The summed E-state index contributed by atoms with van der Waals surface area (Å²) in [5, 5.41) is 3.02. The van der Waals surface area contributed by atoms with Crippen LogP contribution in [0.2, 0.25) is 0 Å². The van der Waals surface area contributed by atoms with Crippen molar-refractivity contribution < 1.29 is 9.53 Å². The van der Waals surface area contributed by atoms with Gasteiger partial charge in [0.15, 0.2) is 0 Å². The Bertz CT molecular complexity index is 534. The molecule has 3 N–H and O–H groups in total. The molecular weight excluding hydrogens is 252 g/mol. The zero-order valence-corrected chi connectivity index (χ0v) is 11.7. The van der Waals surface area contributed by atoms with Crippen molar-refractivity contribution in [2.45, 2.75) is 31.7 Å². The number of nitrogens with one attached hydrogen (secondary N) is 1. The summed E-state index contributed by atoms with van der Waals surface area (Å²) in [6, 6.07) is 5.33. The molecule has 1 fully saturated rings. The first kappa shape index (κ1) is 14.3. The third-order valence-corrected chi connectivity index (χ3v) is 3.78. The van der Waals surface area contributed by atoms with Crippen molar-refractivity contribution in [3.8, 4) is 18.1 Å². The van der Waals surface area contributed by atoms with Crippen molar-refractivity contribution in [2.24, 2.45) is 5.92 Å². The van der Waals surface area contributed by atoms with Crippen LogP contribution in [-0.4, -0.2) is 19.1 Å². The van der Waals surface area contributed by atoms with Gasteiger partial charge in [-0.15, -0.1) is 12.3 Å². The fourth-order valence-electron chi connectivity index (χ4n) is 2.66. The molecule has 1 saturated carbocycles. The van der Waals surface area contributed by atoms with E-state index in [-0.39, 0.29) is 17.9 Å². The Kier molecular flexibility index (Phi) is 4.52. The van der Waals surface area contributed by atoms with E-state index in [9.17, 15) is 4.79 Å². The third-order valence-electron chi connectivity index (χ3n) is 3.78. The monoisotopic (exact) mass is 272 g/mol. The Balaban J connectivity index is 2.07. The summed E-state index contributed by atoms with van der Waals surface area (Å²) in [5.74, 6) is 3.39. The minimum atomic E-state index is -0.163. The van der Waals surface area contributed by atoms with Crippen LogP contribution in [0.3, 0.4) is 0 Å². The van der Waals surface area contributed by atoms with Crippen LogP contribution >= 0.6 is 0 Å². The minimum Gasteiger partial charge on any atom is -0.495 e. The van der Waals surface area contributed by atoms with Crippen molar-refractivity contribution in [3.63, 3.8) is 0 Å². The van der Waals surface area contributed by atoms with Gasteiger partial charge in [0, 0.05) is 12.0 Å². The molecule has 20 heavy (non-hydrogen) atoms. The fraction of sp³-hybridized carbons (Fsp3) is 0.438. The lowest BCUT2D eigenvalue weighted by molar-refractivity contribution is 0.0924. The zero-order chi connectivity index (χ0) is 14.5. The molecule has 4 nitrogen and oxygen atoms in total. The van der Waals surface area contributed by atoms with Gasteiger partial charge in [0.05, 0.1) is 18.4 Å². The number of anilines is 1. The van der Waals surface area contributed by atoms with E-state index in [1.807, 2.05) is 0 Å².